The summed E-state index contributed by atoms with van der Waals surface area (Å²) < 4.78 is 11.4. The molecule has 0 aromatic heterocycles. The summed E-state index contributed by atoms with van der Waals surface area (Å²) in [6, 6.07) is 1.52. The van der Waals surface area contributed by atoms with E-state index in [9.17, 15) is 4.79 Å². The number of carboxylic acid groups (broad SMARTS) is 1. The molecule has 1 unspecified atom stereocenters. The van der Waals surface area contributed by atoms with Crippen LogP contribution in [0.2, 0.25) is 0 Å². The molecule has 5 nitrogen and oxygen atoms in total. The number of rotatable bonds is 6. The highest BCUT2D eigenvalue weighted by Gasteiger charge is 2.19. The van der Waals surface area contributed by atoms with Crippen LogP contribution in [0.25, 0.3) is 0 Å². The average Bonchev–Trinajstić information content (AvgIpc) is 2.32. The highest BCUT2D eigenvalue weighted by Crippen LogP contribution is 2.35. The van der Waals surface area contributed by atoms with E-state index in [4.69, 9.17) is 20.3 Å². The van der Waals surface area contributed by atoms with Crippen molar-refractivity contribution < 1.29 is 19.4 Å². The lowest BCUT2D eigenvalue weighted by atomic mass is 9.98. The van der Waals surface area contributed by atoms with Crippen LogP contribution in [0.4, 0.5) is 0 Å². The van der Waals surface area contributed by atoms with E-state index in [1.807, 2.05) is 19.9 Å². The fourth-order valence-corrected chi connectivity index (χ4v) is 2.51. The molecule has 0 fully saturated rings. The summed E-state index contributed by atoms with van der Waals surface area (Å²) in [4.78, 5) is 10.4. The Morgan fingerprint density at radius 1 is 1.53 bits per heavy atom. The number of carbonyl (C=O) groups is 1. The molecule has 1 aromatic rings. The smallest absolute Gasteiger partial charge is 0.329 e. The normalized spacial score (nSPS) is 12.3. The number of methoxy groups -OCH3 is 1. The summed E-state index contributed by atoms with van der Waals surface area (Å²) in [5.41, 5.74) is 8.84. The number of hydrogen-bond acceptors (Lipinski definition) is 4. The van der Waals surface area contributed by atoms with Crippen molar-refractivity contribution >= 4 is 21.9 Å². The Hall–Kier alpha value is -1.11. The van der Waals surface area contributed by atoms with Gasteiger partial charge in [0.2, 0.25) is 0 Å². The van der Waals surface area contributed by atoms with Gasteiger partial charge in [0, 0.05) is 10.0 Å². The van der Waals surface area contributed by atoms with Gasteiger partial charge in [0.1, 0.15) is 12.4 Å². The van der Waals surface area contributed by atoms with E-state index in [0.29, 0.717) is 5.75 Å². The van der Waals surface area contributed by atoms with Crippen LogP contribution in [0.1, 0.15) is 22.7 Å². The lowest BCUT2D eigenvalue weighted by Crippen LogP contribution is -2.21. The summed E-state index contributed by atoms with van der Waals surface area (Å²) in [7, 11) is 1.59. The molecule has 3 N–H and O–H groups in total. The highest BCUT2D eigenvalue weighted by atomic mass is 79.9. The molecule has 0 bridgehead atoms. The number of ether oxygens (including phenoxy) is 2. The maximum Gasteiger partial charge on any atom is 0.329 e. The van der Waals surface area contributed by atoms with Gasteiger partial charge in [-0.3, -0.25) is 0 Å². The van der Waals surface area contributed by atoms with E-state index in [-0.39, 0.29) is 13.2 Å². The number of aliphatic carboxylic acids is 1. The quantitative estimate of drug-likeness (QED) is 0.834. The molecule has 106 valence electrons. The second kappa shape index (κ2) is 6.88. The molecule has 0 radical (unpaired) electrons. The van der Waals surface area contributed by atoms with Crippen LogP contribution >= 0.6 is 15.9 Å². The number of hydrogen-bond donors (Lipinski definition) is 2. The van der Waals surface area contributed by atoms with Crippen LogP contribution < -0.4 is 10.5 Å². The van der Waals surface area contributed by atoms with Crippen molar-refractivity contribution in [3.05, 3.63) is 27.2 Å². The van der Waals surface area contributed by atoms with Crippen LogP contribution in [0.5, 0.6) is 5.75 Å². The summed E-state index contributed by atoms with van der Waals surface area (Å²) in [5.74, 6) is -0.298. The lowest BCUT2D eigenvalue weighted by molar-refractivity contribution is -0.142. The molecule has 19 heavy (non-hydrogen) atoms. The number of carboxylic acids is 1. The van der Waals surface area contributed by atoms with E-state index in [2.05, 4.69) is 15.9 Å². The van der Waals surface area contributed by atoms with E-state index >= 15 is 0 Å². The molecular weight excluding hydrogens is 314 g/mol. The summed E-state index contributed by atoms with van der Waals surface area (Å²) >= 11 is 3.47. The second-order valence-electron chi connectivity index (χ2n) is 4.26. The zero-order valence-corrected chi connectivity index (χ0v) is 12.8. The fraction of sp³-hybridized carbons (Fsp3) is 0.462. The van der Waals surface area contributed by atoms with Crippen LogP contribution in [-0.4, -0.2) is 31.4 Å². The van der Waals surface area contributed by atoms with E-state index < -0.39 is 12.0 Å². The van der Waals surface area contributed by atoms with E-state index in [0.717, 1.165) is 21.2 Å². The van der Waals surface area contributed by atoms with Gasteiger partial charge in [0.25, 0.3) is 0 Å². The van der Waals surface area contributed by atoms with Crippen LogP contribution in [0, 0.1) is 13.8 Å². The average molecular weight is 332 g/mol. The summed E-state index contributed by atoms with van der Waals surface area (Å²) in [6.07, 6.45) is 0. The van der Waals surface area contributed by atoms with Crippen molar-refractivity contribution in [3.8, 4) is 5.75 Å². The Bertz CT molecular complexity index is 476. The van der Waals surface area contributed by atoms with Gasteiger partial charge < -0.3 is 20.3 Å². The first kappa shape index (κ1) is 15.9. The lowest BCUT2D eigenvalue weighted by Gasteiger charge is -2.21. The maximum atomic E-state index is 10.4. The molecule has 0 amide bonds. The fourth-order valence-electron chi connectivity index (χ4n) is 1.95. The van der Waals surface area contributed by atoms with Gasteiger partial charge in [-0.05, 0) is 31.0 Å². The Labute approximate surface area is 120 Å². The summed E-state index contributed by atoms with van der Waals surface area (Å²) in [6.45, 7) is 3.62. The van der Waals surface area contributed by atoms with Gasteiger partial charge in [0.05, 0.1) is 19.8 Å². The zero-order valence-electron chi connectivity index (χ0n) is 11.2. The SMILES string of the molecule is COc1c(C)cc(Br)c(C)c1C(N)COCC(=O)O. The Morgan fingerprint density at radius 2 is 2.16 bits per heavy atom. The number of nitrogens with two attached hydrogens (primary N) is 1. The van der Waals surface area contributed by atoms with Crippen LogP contribution in [-0.2, 0) is 9.53 Å². The first-order valence-electron chi connectivity index (χ1n) is 5.77. The maximum absolute atomic E-state index is 10.4. The van der Waals surface area contributed by atoms with E-state index in [1.165, 1.54) is 0 Å². The van der Waals surface area contributed by atoms with Crippen molar-refractivity contribution in [1.82, 2.24) is 0 Å². The molecule has 0 aliphatic heterocycles. The molecule has 0 spiro atoms. The van der Waals surface area contributed by atoms with Gasteiger partial charge in [-0.2, -0.15) is 0 Å². The standard InChI is InChI=1S/C13H18BrNO4/c1-7-4-9(14)8(2)12(13(7)18-3)10(15)5-19-6-11(16)17/h4,10H,5-6,15H2,1-3H3,(H,16,17). The van der Waals surface area contributed by atoms with Gasteiger partial charge in [-0.25, -0.2) is 4.79 Å². The molecule has 0 aliphatic rings. The Balaban J connectivity index is 3.00. The van der Waals surface area contributed by atoms with Crippen molar-refractivity contribution in [1.29, 1.82) is 0 Å². The van der Waals surface area contributed by atoms with Crippen LogP contribution in [0.15, 0.2) is 10.5 Å². The molecule has 1 atom stereocenters. The van der Waals surface area contributed by atoms with Crippen molar-refractivity contribution in [2.24, 2.45) is 5.73 Å². The third-order valence-corrected chi connectivity index (χ3v) is 3.63. The first-order valence-corrected chi connectivity index (χ1v) is 6.56. The first-order chi connectivity index (χ1) is 8.88. The predicted molar refractivity (Wildman–Crippen MR) is 75.6 cm³/mol. The number of aryl methyl sites for hydroxylation is 1. The summed E-state index contributed by atoms with van der Waals surface area (Å²) in [5, 5.41) is 8.54. The minimum absolute atomic E-state index is 0.124. The Kier molecular flexibility index (Phi) is 5.78. The molecule has 0 heterocycles. The van der Waals surface area contributed by atoms with Gasteiger partial charge >= 0.3 is 5.97 Å². The molecule has 0 saturated heterocycles. The van der Waals surface area contributed by atoms with Gasteiger partial charge in [-0.15, -0.1) is 0 Å². The molecule has 0 saturated carbocycles. The van der Waals surface area contributed by atoms with Gasteiger partial charge in [-0.1, -0.05) is 15.9 Å². The van der Waals surface area contributed by atoms with Crippen molar-refractivity contribution in [3.63, 3.8) is 0 Å². The van der Waals surface area contributed by atoms with Crippen LogP contribution in [0.3, 0.4) is 0 Å². The number of halogens is 1. The minimum atomic E-state index is -1.01. The number of benzene rings is 1. The van der Waals surface area contributed by atoms with E-state index in [1.54, 1.807) is 7.11 Å². The van der Waals surface area contributed by atoms with Gasteiger partial charge in [0.15, 0.2) is 0 Å². The highest BCUT2D eigenvalue weighted by molar-refractivity contribution is 9.10. The topological polar surface area (TPSA) is 81.8 Å². The molecular formula is C13H18BrNO4. The largest absolute Gasteiger partial charge is 0.496 e. The predicted octanol–water partition coefficient (Wildman–Crippen LogP) is 2.18. The third kappa shape index (κ3) is 3.92. The Morgan fingerprint density at radius 3 is 2.68 bits per heavy atom. The zero-order chi connectivity index (χ0) is 14.6. The van der Waals surface area contributed by atoms with Crippen molar-refractivity contribution in [2.45, 2.75) is 19.9 Å². The monoisotopic (exact) mass is 331 g/mol. The molecule has 6 heteroatoms. The minimum Gasteiger partial charge on any atom is -0.496 e. The second-order valence-corrected chi connectivity index (χ2v) is 5.12. The van der Waals surface area contributed by atoms with Crippen molar-refractivity contribution in [2.75, 3.05) is 20.3 Å². The molecule has 1 rings (SSSR count). The molecule has 0 aliphatic carbocycles. The molecule has 1 aromatic carbocycles. The third-order valence-electron chi connectivity index (χ3n) is 2.81.